The van der Waals surface area contributed by atoms with Gasteiger partial charge in [-0.3, -0.25) is 14.8 Å². The molecule has 1 amide bonds. The summed E-state index contributed by atoms with van der Waals surface area (Å²) < 4.78 is 28.0. The van der Waals surface area contributed by atoms with Crippen molar-refractivity contribution >= 4 is 49.7 Å². The summed E-state index contributed by atoms with van der Waals surface area (Å²) in [4.78, 5) is 18.7. The minimum atomic E-state index is -3.89. The molecule has 0 aliphatic heterocycles. The highest BCUT2D eigenvalue weighted by Gasteiger charge is 2.24. The lowest BCUT2D eigenvalue weighted by molar-refractivity contribution is 0.102. The minimum absolute atomic E-state index is 0.0483. The number of hydrogen-bond acceptors (Lipinski definition) is 5. The molecule has 0 bridgehead atoms. The number of para-hydroxylation sites is 1. The number of rotatable bonds is 5. The second kappa shape index (κ2) is 8.05. The largest absolute Gasteiger partial charge is 0.298 e. The van der Waals surface area contributed by atoms with Crippen molar-refractivity contribution in [1.82, 2.24) is 4.98 Å². The Hall–Kier alpha value is -3.20. The number of anilines is 2. The Morgan fingerprint density at radius 2 is 1.69 bits per heavy atom. The van der Waals surface area contributed by atoms with Gasteiger partial charge in [-0.2, -0.15) is 0 Å². The van der Waals surface area contributed by atoms with Crippen LogP contribution in [0.25, 0.3) is 11.3 Å². The normalized spacial score (nSPS) is 12.2. The molecular formula is C23H16ClN3O3S2. The molecule has 6 nitrogen and oxygen atoms in total. The first-order valence-electron chi connectivity index (χ1n) is 9.67. The molecule has 0 radical (unpaired) electrons. The summed E-state index contributed by atoms with van der Waals surface area (Å²) in [5, 5.41) is 3.72. The molecule has 3 aromatic carbocycles. The number of fused-ring (bicyclic) bond motifs is 3. The SMILES string of the molecule is O=C(Nc1nc2c(s1)Cc1ccccc1-2)c1ccccc1NS(=O)(=O)c1ccc(Cl)cc1. The molecule has 9 heteroatoms. The third-order valence-electron chi connectivity index (χ3n) is 5.08. The van der Waals surface area contributed by atoms with Gasteiger partial charge in [0.15, 0.2) is 5.13 Å². The average molecular weight is 482 g/mol. The van der Waals surface area contributed by atoms with Crippen molar-refractivity contribution in [2.75, 3.05) is 10.0 Å². The van der Waals surface area contributed by atoms with Crippen LogP contribution >= 0.6 is 22.9 Å². The topological polar surface area (TPSA) is 88.2 Å². The Morgan fingerprint density at radius 1 is 0.969 bits per heavy atom. The minimum Gasteiger partial charge on any atom is -0.298 e. The number of amides is 1. The van der Waals surface area contributed by atoms with Gasteiger partial charge in [0.05, 0.1) is 21.8 Å². The van der Waals surface area contributed by atoms with Gasteiger partial charge in [0.2, 0.25) is 0 Å². The maximum absolute atomic E-state index is 13.0. The van der Waals surface area contributed by atoms with Crippen LogP contribution in [0.2, 0.25) is 5.02 Å². The van der Waals surface area contributed by atoms with Gasteiger partial charge in [-0.05, 0) is 42.0 Å². The van der Waals surface area contributed by atoms with E-state index in [0.717, 1.165) is 22.6 Å². The maximum Gasteiger partial charge on any atom is 0.261 e. The summed E-state index contributed by atoms with van der Waals surface area (Å²) in [6.45, 7) is 0. The molecule has 0 saturated heterocycles. The zero-order chi connectivity index (χ0) is 22.3. The molecule has 1 aliphatic carbocycles. The molecule has 2 N–H and O–H groups in total. The monoisotopic (exact) mass is 481 g/mol. The Morgan fingerprint density at radius 3 is 2.50 bits per heavy atom. The van der Waals surface area contributed by atoms with Crippen molar-refractivity contribution in [1.29, 1.82) is 0 Å². The molecule has 32 heavy (non-hydrogen) atoms. The number of nitrogens with one attached hydrogen (secondary N) is 2. The summed E-state index contributed by atoms with van der Waals surface area (Å²) in [6.07, 6.45) is 0.788. The van der Waals surface area contributed by atoms with E-state index in [1.807, 2.05) is 18.2 Å². The zero-order valence-electron chi connectivity index (χ0n) is 16.5. The van der Waals surface area contributed by atoms with E-state index in [2.05, 4.69) is 21.1 Å². The summed E-state index contributed by atoms with van der Waals surface area (Å²) in [7, 11) is -3.89. The zero-order valence-corrected chi connectivity index (χ0v) is 18.9. The van der Waals surface area contributed by atoms with Gasteiger partial charge in [0, 0.05) is 21.9 Å². The molecular weight excluding hydrogens is 466 g/mol. The van der Waals surface area contributed by atoms with Gasteiger partial charge >= 0.3 is 0 Å². The number of hydrogen-bond donors (Lipinski definition) is 2. The summed E-state index contributed by atoms with van der Waals surface area (Å²) in [5.74, 6) is -0.444. The number of benzene rings is 3. The summed E-state index contributed by atoms with van der Waals surface area (Å²) in [5.41, 5.74) is 3.56. The molecule has 0 saturated carbocycles. The second-order valence-corrected chi connectivity index (χ2v) is 10.4. The Kier molecular flexibility index (Phi) is 5.21. The van der Waals surface area contributed by atoms with Crippen LogP contribution in [-0.2, 0) is 16.4 Å². The van der Waals surface area contributed by atoms with Crippen LogP contribution in [0.5, 0.6) is 0 Å². The van der Waals surface area contributed by atoms with Gasteiger partial charge in [-0.15, -0.1) is 11.3 Å². The van der Waals surface area contributed by atoms with Crippen LogP contribution in [0.4, 0.5) is 10.8 Å². The molecule has 1 heterocycles. The van der Waals surface area contributed by atoms with Crippen molar-refractivity contribution in [3.63, 3.8) is 0 Å². The average Bonchev–Trinajstić information content (AvgIpc) is 3.31. The number of carbonyl (C=O) groups is 1. The van der Waals surface area contributed by atoms with E-state index in [-0.39, 0.29) is 16.1 Å². The van der Waals surface area contributed by atoms with Crippen LogP contribution in [0.15, 0.2) is 77.7 Å². The molecule has 0 spiro atoms. The quantitative estimate of drug-likeness (QED) is 0.351. The first kappa shape index (κ1) is 20.7. The van der Waals surface area contributed by atoms with E-state index < -0.39 is 15.9 Å². The molecule has 4 aromatic rings. The first-order valence-corrected chi connectivity index (χ1v) is 12.4. The van der Waals surface area contributed by atoms with E-state index in [4.69, 9.17) is 11.6 Å². The number of carbonyl (C=O) groups excluding carboxylic acids is 1. The smallest absolute Gasteiger partial charge is 0.261 e. The number of nitrogens with zero attached hydrogens (tertiary/aromatic N) is 1. The van der Waals surface area contributed by atoms with E-state index in [9.17, 15) is 13.2 Å². The van der Waals surface area contributed by atoms with Crippen LogP contribution < -0.4 is 10.0 Å². The van der Waals surface area contributed by atoms with E-state index in [1.165, 1.54) is 41.2 Å². The third-order valence-corrected chi connectivity index (χ3v) is 7.69. The van der Waals surface area contributed by atoms with E-state index >= 15 is 0 Å². The van der Waals surface area contributed by atoms with Crippen LogP contribution in [0, 0.1) is 0 Å². The highest BCUT2D eigenvalue weighted by Crippen LogP contribution is 2.41. The molecule has 0 fully saturated rings. The van der Waals surface area contributed by atoms with Gasteiger partial charge < -0.3 is 0 Å². The van der Waals surface area contributed by atoms with Crippen molar-refractivity contribution in [3.8, 4) is 11.3 Å². The van der Waals surface area contributed by atoms with Gasteiger partial charge in [-0.25, -0.2) is 13.4 Å². The van der Waals surface area contributed by atoms with Crippen LogP contribution in [-0.4, -0.2) is 19.3 Å². The summed E-state index contributed by atoms with van der Waals surface area (Å²) >= 11 is 7.27. The van der Waals surface area contributed by atoms with Gasteiger partial charge in [0.25, 0.3) is 15.9 Å². The van der Waals surface area contributed by atoms with Crippen LogP contribution in [0.3, 0.4) is 0 Å². The number of sulfonamides is 1. The standard InChI is InChI=1S/C23H16ClN3O3S2/c24-15-9-11-16(12-10-15)32(29,30)27-19-8-4-3-7-18(19)22(28)26-23-25-21-17-6-2-1-5-14(17)13-20(21)31-23/h1-12,27H,13H2,(H,25,26,28). The Labute approximate surface area is 194 Å². The highest BCUT2D eigenvalue weighted by molar-refractivity contribution is 7.92. The van der Waals surface area contributed by atoms with E-state index in [1.54, 1.807) is 24.3 Å². The van der Waals surface area contributed by atoms with Gasteiger partial charge in [0.1, 0.15) is 0 Å². The number of aromatic nitrogens is 1. The number of halogens is 1. The van der Waals surface area contributed by atoms with Crippen molar-refractivity contribution in [3.05, 3.63) is 93.8 Å². The van der Waals surface area contributed by atoms with Crippen molar-refractivity contribution in [2.45, 2.75) is 11.3 Å². The van der Waals surface area contributed by atoms with Gasteiger partial charge in [-0.1, -0.05) is 48.0 Å². The number of thiazole rings is 1. The van der Waals surface area contributed by atoms with E-state index in [0.29, 0.717) is 10.2 Å². The lowest BCUT2D eigenvalue weighted by Gasteiger charge is -2.12. The van der Waals surface area contributed by atoms with Crippen LogP contribution in [0.1, 0.15) is 20.8 Å². The maximum atomic E-state index is 13.0. The Bertz CT molecular complexity index is 1450. The fourth-order valence-corrected chi connectivity index (χ4v) is 5.77. The fourth-order valence-electron chi connectivity index (χ4n) is 3.57. The fraction of sp³-hybridized carbons (Fsp3) is 0.0435. The predicted molar refractivity (Wildman–Crippen MR) is 127 cm³/mol. The lowest BCUT2D eigenvalue weighted by atomic mass is 10.1. The lowest BCUT2D eigenvalue weighted by Crippen LogP contribution is -2.18. The molecule has 0 atom stereocenters. The predicted octanol–water partition coefficient (Wildman–Crippen LogP) is 5.42. The second-order valence-electron chi connectivity index (χ2n) is 7.18. The Balaban J connectivity index is 1.39. The molecule has 5 rings (SSSR count). The molecule has 0 unspecified atom stereocenters. The molecule has 160 valence electrons. The summed E-state index contributed by atoms with van der Waals surface area (Å²) in [6, 6.07) is 20.3. The van der Waals surface area contributed by atoms with Crippen molar-refractivity contribution < 1.29 is 13.2 Å². The molecule has 1 aromatic heterocycles. The molecule has 1 aliphatic rings. The first-order chi connectivity index (χ1) is 15.4. The highest BCUT2D eigenvalue weighted by atomic mass is 35.5. The third kappa shape index (κ3) is 3.88. The van der Waals surface area contributed by atoms with Crippen molar-refractivity contribution in [2.24, 2.45) is 0 Å².